The Bertz CT molecular complexity index is 345. The number of hydrogen-bond acceptors (Lipinski definition) is 2. The van der Waals surface area contributed by atoms with Gasteiger partial charge in [0.2, 0.25) is 0 Å². The van der Waals surface area contributed by atoms with Crippen molar-refractivity contribution in [3.8, 4) is 0 Å². The lowest BCUT2D eigenvalue weighted by atomic mass is 10.0. The van der Waals surface area contributed by atoms with Crippen molar-refractivity contribution in [3.63, 3.8) is 0 Å². The van der Waals surface area contributed by atoms with Crippen LogP contribution < -0.4 is 5.32 Å². The Balaban J connectivity index is 3.06. The highest BCUT2D eigenvalue weighted by atomic mass is 16.3. The standard InChI is InChI=1S/C11H13NO2/c1-3-12-11(14)10-7-5-4-6-9(10)8(2)13/h3-8,13H,1H2,2H3,(H,12,14). The van der Waals surface area contributed by atoms with Crippen molar-refractivity contribution in [2.75, 3.05) is 0 Å². The van der Waals surface area contributed by atoms with Gasteiger partial charge in [-0.05, 0) is 24.8 Å². The van der Waals surface area contributed by atoms with E-state index in [1.807, 2.05) is 0 Å². The number of amides is 1. The van der Waals surface area contributed by atoms with Gasteiger partial charge in [-0.25, -0.2) is 0 Å². The summed E-state index contributed by atoms with van der Waals surface area (Å²) < 4.78 is 0. The van der Waals surface area contributed by atoms with Crippen molar-refractivity contribution in [3.05, 3.63) is 48.2 Å². The van der Waals surface area contributed by atoms with Crippen molar-refractivity contribution in [1.29, 1.82) is 0 Å². The van der Waals surface area contributed by atoms with Gasteiger partial charge >= 0.3 is 0 Å². The fourth-order valence-corrected chi connectivity index (χ4v) is 1.24. The molecule has 1 unspecified atom stereocenters. The predicted molar refractivity (Wildman–Crippen MR) is 54.7 cm³/mol. The minimum Gasteiger partial charge on any atom is -0.389 e. The average Bonchev–Trinajstić information content (AvgIpc) is 2.18. The second-order valence-corrected chi connectivity index (χ2v) is 2.94. The summed E-state index contributed by atoms with van der Waals surface area (Å²) in [6, 6.07) is 6.93. The highest BCUT2D eigenvalue weighted by molar-refractivity contribution is 5.96. The first-order valence-electron chi connectivity index (χ1n) is 4.35. The maximum absolute atomic E-state index is 11.5. The van der Waals surface area contributed by atoms with Crippen LogP contribution in [0.1, 0.15) is 28.9 Å². The first-order chi connectivity index (χ1) is 6.66. The van der Waals surface area contributed by atoms with Crippen LogP contribution in [0.15, 0.2) is 37.0 Å². The number of aliphatic hydroxyl groups excluding tert-OH is 1. The van der Waals surface area contributed by atoms with Crippen molar-refractivity contribution in [2.24, 2.45) is 0 Å². The van der Waals surface area contributed by atoms with Crippen molar-refractivity contribution < 1.29 is 9.90 Å². The number of benzene rings is 1. The molecule has 74 valence electrons. The molecule has 1 aromatic rings. The minimum atomic E-state index is -0.651. The Labute approximate surface area is 83.1 Å². The van der Waals surface area contributed by atoms with Gasteiger partial charge in [-0.3, -0.25) is 4.79 Å². The Hall–Kier alpha value is -1.61. The second kappa shape index (κ2) is 4.58. The Morgan fingerprint density at radius 1 is 1.57 bits per heavy atom. The summed E-state index contributed by atoms with van der Waals surface area (Å²) in [6.45, 7) is 5.03. The van der Waals surface area contributed by atoms with Crippen LogP contribution in [-0.2, 0) is 0 Å². The van der Waals surface area contributed by atoms with Crippen LogP contribution in [0, 0.1) is 0 Å². The molecule has 0 aliphatic rings. The van der Waals surface area contributed by atoms with Crippen LogP contribution in [0.3, 0.4) is 0 Å². The van der Waals surface area contributed by atoms with Crippen molar-refractivity contribution in [2.45, 2.75) is 13.0 Å². The van der Waals surface area contributed by atoms with Gasteiger partial charge in [0.25, 0.3) is 5.91 Å². The van der Waals surface area contributed by atoms with Gasteiger partial charge in [0, 0.05) is 5.56 Å². The van der Waals surface area contributed by atoms with Crippen molar-refractivity contribution >= 4 is 5.91 Å². The van der Waals surface area contributed by atoms with Crippen LogP contribution in [0.5, 0.6) is 0 Å². The lowest BCUT2D eigenvalue weighted by Crippen LogP contribution is -2.19. The zero-order chi connectivity index (χ0) is 10.6. The predicted octanol–water partition coefficient (Wildman–Crippen LogP) is 1.61. The molecule has 2 N–H and O–H groups in total. The largest absolute Gasteiger partial charge is 0.389 e. The number of carbonyl (C=O) groups is 1. The zero-order valence-corrected chi connectivity index (χ0v) is 8.03. The van der Waals surface area contributed by atoms with E-state index in [2.05, 4.69) is 11.9 Å². The smallest absolute Gasteiger partial charge is 0.255 e. The van der Waals surface area contributed by atoms with Gasteiger partial charge < -0.3 is 10.4 Å². The quantitative estimate of drug-likeness (QED) is 0.762. The lowest BCUT2D eigenvalue weighted by molar-refractivity contribution is 0.0964. The molecule has 1 amide bonds. The van der Waals surface area contributed by atoms with E-state index in [4.69, 9.17) is 0 Å². The first-order valence-corrected chi connectivity index (χ1v) is 4.35. The molecule has 1 atom stereocenters. The molecule has 0 saturated carbocycles. The zero-order valence-electron chi connectivity index (χ0n) is 8.03. The van der Waals surface area contributed by atoms with Gasteiger partial charge in [-0.1, -0.05) is 24.8 Å². The highest BCUT2D eigenvalue weighted by Crippen LogP contribution is 2.16. The van der Waals surface area contributed by atoms with E-state index in [9.17, 15) is 9.90 Å². The normalized spacial score (nSPS) is 11.9. The average molecular weight is 191 g/mol. The summed E-state index contributed by atoms with van der Waals surface area (Å²) in [4.78, 5) is 11.5. The highest BCUT2D eigenvalue weighted by Gasteiger charge is 2.12. The van der Waals surface area contributed by atoms with Gasteiger partial charge in [0.05, 0.1) is 6.10 Å². The van der Waals surface area contributed by atoms with E-state index in [0.717, 1.165) is 0 Å². The summed E-state index contributed by atoms with van der Waals surface area (Å²) in [6.07, 6.45) is 0.669. The Morgan fingerprint density at radius 2 is 2.21 bits per heavy atom. The van der Waals surface area contributed by atoms with E-state index in [1.165, 1.54) is 6.20 Å². The molecule has 1 aromatic carbocycles. The molecule has 0 aliphatic heterocycles. The maximum Gasteiger partial charge on any atom is 0.255 e. The van der Waals surface area contributed by atoms with Gasteiger partial charge in [0.15, 0.2) is 0 Å². The third-order valence-corrected chi connectivity index (χ3v) is 1.89. The fourth-order valence-electron chi connectivity index (χ4n) is 1.24. The summed E-state index contributed by atoms with van der Waals surface area (Å²) in [5.74, 6) is -0.253. The number of carbonyl (C=O) groups excluding carboxylic acids is 1. The van der Waals surface area contributed by atoms with Crippen LogP contribution in [0.2, 0.25) is 0 Å². The third-order valence-electron chi connectivity index (χ3n) is 1.89. The number of nitrogens with one attached hydrogen (secondary N) is 1. The molecule has 0 radical (unpaired) electrons. The SMILES string of the molecule is C=CNC(=O)c1ccccc1C(C)O. The first kappa shape index (κ1) is 10.5. The third kappa shape index (κ3) is 2.20. The van der Waals surface area contributed by atoms with E-state index in [0.29, 0.717) is 11.1 Å². The molecule has 3 heteroatoms. The molecule has 1 rings (SSSR count). The molecular weight excluding hydrogens is 178 g/mol. The van der Waals surface area contributed by atoms with Crippen LogP contribution in [0.4, 0.5) is 0 Å². The molecule has 3 nitrogen and oxygen atoms in total. The molecule has 0 aliphatic carbocycles. The summed E-state index contributed by atoms with van der Waals surface area (Å²) >= 11 is 0. The molecule has 0 saturated heterocycles. The van der Waals surface area contributed by atoms with Gasteiger partial charge in [-0.2, -0.15) is 0 Å². The van der Waals surface area contributed by atoms with Gasteiger partial charge in [-0.15, -0.1) is 0 Å². The molecule has 0 bridgehead atoms. The second-order valence-electron chi connectivity index (χ2n) is 2.94. The van der Waals surface area contributed by atoms with Crippen LogP contribution in [-0.4, -0.2) is 11.0 Å². The van der Waals surface area contributed by atoms with Crippen molar-refractivity contribution in [1.82, 2.24) is 5.32 Å². The number of rotatable bonds is 3. The monoisotopic (exact) mass is 191 g/mol. The number of hydrogen-bond donors (Lipinski definition) is 2. The Morgan fingerprint density at radius 3 is 2.79 bits per heavy atom. The summed E-state index contributed by atoms with van der Waals surface area (Å²) in [5, 5.41) is 11.9. The Kier molecular flexibility index (Phi) is 3.42. The fraction of sp³-hybridized carbons (Fsp3) is 0.182. The maximum atomic E-state index is 11.5. The molecule has 0 heterocycles. The van der Waals surface area contributed by atoms with Crippen LogP contribution in [0.25, 0.3) is 0 Å². The lowest BCUT2D eigenvalue weighted by Gasteiger charge is -2.10. The van der Waals surface area contributed by atoms with E-state index < -0.39 is 6.10 Å². The van der Waals surface area contributed by atoms with E-state index in [-0.39, 0.29) is 5.91 Å². The molecule has 0 spiro atoms. The summed E-state index contributed by atoms with van der Waals surface area (Å²) in [5.41, 5.74) is 1.09. The van der Waals surface area contributed by atoms with Gasteiger partial charge in [0.1, 0.15) is 0 Å². The molecular formula is C11H13NO2. The number of aliphatic hydroxyl groups is 1. The molecule has 0 aromatic heterocycles. The summed E-state index contributed by atoms with van der Waals surface area (Å²) in [7, 11) is 0. The van der Waals surface area contributed by atoms with E-state index in [1.54, 1.807) is 31.2 Å². The van der Waals surface area contributed by atoms with E-state index >= 15 is 0 Å². The molecule has 14 heavy (non-hydrogen) atoms. The topological polar surface area (TPSA) is 49.3 Å². The molecule has 0 fully saturated rings. The van der Waals surface area contributed by atoms with Crippen LogP contribution >= 0.6 is 0 Å². The minimum absolute atomic E-state index is 0.253.